The van der Waals surface area contributed by atoms with E-state index in [0.29, 0.717) is 182 Å². The van der Waals surface area contributed by atoms with Crippen LogP contribution in [0.15, 0.2) is 119 Å². The smallest absolute Gasteiger partial charge is 0.329 e. The number of oxazole rings is 1. The minimum absolute atomic E-state index is 0.0134. The number of ketones is 3. The summed E-state index contributed by atoms with van der Waals surface area (Å²) < 4.78 is 51.5. The summed E-state index contributed by atoms with van der Waals surface area (Å²) in [6.07, 6.45) is 17.9. The van der Waals surface area contributed by atoms with Crippen LogP contribution in [0.3, 0.4) is 0 Å². The van der Waals surface area contributed by atoms with E-state index in [1.54, 1.807) is 62.8 Å². The molecule has 1 saturated carbocycles. The van der Waals surface area contributed by atoms with Crippen LogP contribution >= 0.6 is 0 Å². The van der Waals surface area contributed by atoms with E-state index in [9.17, 15) is 48.9 Å². The van der Waals surface area contributed by atoms with Crippen molar-refractivity contribution < 1.29 is 86.5 Å². The van der Waals surface area contributed by atoms with Gasteiger partial charge in [-0.25, -0.2) is 34.1 Å². The molecule has 5 aliphatic rings. The number of carbonyl (C=O) groups is 7. The lowest BCUT2D eigenvalue weighted by Crippen LogP contribution is -2.61. The zero-order valence-electron chi connectivity index (χ0n) is 74.1. The average Bonchev–Trinajstić information content (AvgIpc) is 1.71. The maximum Gasteiger partial charge on any atom is 0.329 e. The summed E-state index contributed by atoms with van der Waals surface area (Å²) in [5, 5.41) is 51.7. The molecule has 35 nitrogen and oxygen atoms in total. The molecule has 7 aromatic rings. The highest BCUT2D eigenvalue weighted by atomic mass is 16.6. The van der Waals surface area contributed by atoms with E-state index < -0.39 is 95.4 Å². The number of aryl methyl sites for hydroxylation is 2. The highest BCUT2D eigenvalue weighted by Gasteiger charge is 2.53. The number of ether oxygens (including phenoxy) is 7. The number of allylic oxidation sites excluding steroid dienone is 6. The first-order valence-electron chi connectivity index (χ1n) is 44.6. The molecule has 1 aliphatic carbocycles. The van der Waals surface area contributed by atoms with Crippen molar-refractivity contribution in [3.05, 3.63) is 126 Å². The summed E-state index contributed by atoms with van der Waals surface area (Å²) in [6, 6.07) is 11.3. The number of anilines is 3. The number of piperazine rings is 1. The number of methoxy groups -OCH3 is 2. The van der Waals surface area contributed by atoms with Crippen LogP contribution in [0.5, 0.6) is 0 Å². The van der Waals surface area contributed by atoms with Crippen LogP contribution in [0.25, 0.3) is 44.5 Å². The molecule has 4 aliphatic heterocycles. The third-order valence-corrected chi connectivity index (χ3v) is 25.1. The monoisotopic (exact) mass is 1760 g/mol. The Morgan fingerprint density at radius 3 is 2.34 bits per heavy atom. The normalized spacial score (nSPS) is 26.5. The number of fused-ring (bicyclic) bond motifs is 5. The first-order chi connectivity index (χ1) is 61.1. The fourth-order valence-electron chi connectivity index (χ4n) is 17.5. The van der Waals surface area contributed by atoms with E-state index >= 15 is 0 Å². The van der Waals surface area contributed by atoms with Crippen molar-refractivity contribution in [1.29, 1.82) is 0 Å². The van der Waals surface area contributed by atoms with Crippen molar-refractivity contribution in [3.8, 4) is 22.4 Å². The number of piperidine rings is 1. The second-order valence-electron chi connectivity index (χ2n) is 34.5. The lowest BCUT2D eigenvalue weighted by molar-refractivity contribution is -0.265. The van der Waals surface area contributed by atoms with Gasteiger partial charge >= 0.3 is 5.97 Å². The van der Waals surface area contributed by atoms with Crippen LogP contribution in [0.2, 0.25) is 0 Å². The molecule has 2 bridgehead atoms. The number of rotatable bonds is 28. The van der Waals surface area contributed by atoms with E-state index in [1.807, 2.05) is 91.7 Å². The largest absolute Gasteiger partial charge is 0.459 e. The van der Waals surface area contributed by atoms with Crippen molar-refractivity contribution >= 4 is 81.0 Å². The lowest BCUT2D eigenvalue weighted by atomic mass is 9.80. The van der Waals surface area contributed by atoms with Crippen molar-refractivity contribution in [2.24, 2.45) is 35.3 Å². The Morgan fingerprint density at radius 2 is 1.56 bits per heavy atom. The number of carbonyl (C=O) groups excluding carboxylic acids is 7. The van der Waals surface area contributed by atoms with Crippen molar-refractivity contribution in [2.75, 3.05) is 96.3 Å². The van der Waals surface area contributed by atoms with Gasteiger partial charge in [-0.3, -0.25) is 28.8 Å². The van der Waals surface area contributed by atoms with E-state index in [2.05, 4.69) is 35.5 Å². The number of esters is 1. The van der Waals surface area contributed by atoms with Gasteiger partial charge in [0.1, 0.15) is 53.5 Å². The maximum absolute atomic E-state index is 14.8. The minimum Gasteiger partial charge on any atom is -0.459 e. The molecule has 4 fully saturated rings. The Labute approximate surface area is 740 Å². The number of cyclic esters (lactones) is 1. The van der Waals surface area contributed by atoms with E-state index in [4.69, 9.17) is 69.8 Å². The maximum atomic E-state index is 14.8. The number of aliphatic hydroxyl groups excluding tert-OH is 2. The number of hydrogen-bond acceptors (Lipinski definition) is 30. The molecule has 10 N–H and O–H groups in total. The molecule has 9 unspecified atom stereocenters. The molecular weight excluding hydrogens is 1630 g/mol. The van der Waals surface area contributed by atoms with Crippen LogP contribution in [0.1, 0.15) is 156 Å². The van der Waals surface area contributed by atoms with Gasteiger partial charge in [0, 0.05) is 146 Å². The molecule has 5 aromatic heterocycles. The SMILES string of the molecule is COC1C[C@@H]2CC[C@@H](C)[C@@](O)(O2)C(=O)C(=O)N2CCCC[C@H]2C(=O)OC(C(N)CC2CCC(OCc3cccc(-c4cnc(N5CCN(C(=O)CCc6cn(CCOCCOCCC(=O)NCCCCn7nc(-c8ccc9oc(N)nc9c8)c8c(N)ncnc87)nn6)CC5)nc4)c3)[C@H](OC)C2)CC(=O)C(C)/C=C(\C)C(O)[C@@H](O)C(=O)C(C)CC(C)/C=C/C=CC=C1C. The summed E-state index contributed by atoms with van der Waals surface area (Å²) in [7, 11) is 3.19. The molecule has 9 heterocycles. The summed E-state index contributed by atoms with van der Waals surface area (Å²) in [5.41, 5.74) is 26.7. The van der Waals surface area contributed by atoms with Crippen LogP contribution in [0, 0.1) is 29.6 Å². The highest BCUT2D eigenvalue weighted by molar-refractivity contribution is 6.39. The molecule has 0 radical (unpaired) electrons. The standard InChI is InChI=1S/C92H125N17O18/c1-56-17-10-9-11-18-57(2)75(120-7)49-68-26-22-61(6)92(119,127-68)85(116)88(117)108-32-14-12-21-71(108)89(118)125-76(50-72(110)58(3)44-60(5)83(114)84(115)82(113)59(4)43-56)69(93)46-62-23-27-74(77(47-62)121-8)124-54-63-19-16-20-64(45-63)66-51-97-91(98-52-66)106-36-34-105(35-37-106)79(112)29-25-67-53-107(104-102-67)38-40-123-42-41-122-39-30-78(111)96-31-13-15-33-109-87-80(86(94)99-55-100-87)81(103-109)65-24-28-73-70(48-65)101-90(95)126-73/h9-11,16-20,24,28,44-45,48,51-53,55-56,58-59,61-62,68-69,71,74-77,83-84,114-115,119H,12-15,21-23,25-27,29-43,46-47,49-50,54,93H2,1-8H3,(H2,95,101)(H,96,111)(H2,94,99,100)/b11-9?,17-10+,57-18?,60-44+/t56?,58?,59?,61-,62?,68+,69?,71+,74?,75?,76?,77-,83?,84+,92-/m1/s1. The number of amides is 3. The molecular formula is C92H125N17O18. The zero-order valence-corrected chi connectivity index (χ0v) is 74.1. The second kappa shape index (κ2) is 45.5. The van der Waals surface area contributed by atoms with Gasteiger partial charge in [-0.2, -0.15) is 10.1 Å². The Balaban J connectivity index is 0.562. The summed E-state index contributed by atoms with van der Waals surface area (Å²) in [4.78, 5) is 125. The predicted molar refractivity (Wildman–Crippen MR) is 472 cm³/mol. The van der Waals surface area contributed by atoms with Crippen LogP contribution < -0.4 is 27.4 Å². The molecule has 2 aromatic carbocycles. The molecule has 35 heteroatoms. The molecule has 0 spiro atoms. The molecule has 3 saturated heterocycles. The Morgan fingerprint density at radius 1 is 0.772 bits per heavy atom. The van der Waals surface area contributed by atoms with Crippen molar-refractivity contribution in [1.82, 2.24) is 64.8 Å². The fourth-order valence-corrected chi connectivity index (χ4v) is 17.5. The number of nitrogen functional groups attached to an aromatic ring is 2. The number of benzene rings is 2. The average molecular weight is 1760 g/mol. The van der Waals surface area contributed by atoms with Gasteiger partial charge in [0.2, 0.25) is 23.5 Å². The second-order valence-corrected chi connectivity index (χ2v) is 34.5. The van der Waals surface area contributed by atoms with Gasteiger partial charge in [0.05, 0.1) is 75.1 Å². The summed E-state index contributed by atoms with van der Waals surface area (Å²) >= 11 is 0. The third kappa shape index (κ3) is 25.3. The van der Waals surface area contributed by atoms with Crippen LogP contribution in [0.4, 0.5) is 17.8 Å². The van der Waals surface area contributed by atoms with Crippen LogP contribution in [-0.2, 0) is 92.8 Å². The van der Waals surface area contributed by atoms with Gasteiger partial charge in [-0.15, -0.1) is 5.10 Å². The minimum atomic E-state index is -2.50. The first kappa shape index (κ1) is 95.6. The number of aromatic nitrogens is 10. The number of unbranched alkanes of at least 4 members (excludes halogenated alkanes) is 1. The van der Waals surface area contributed by atoms with E-state index in [1.165, 1.54) is 19.3 Å². The van der Waals surface area contributed by atoms with Gasteiger partial charge in [-0.05, 0) is 149 Å². The highest BCUT2D eigenvalue weighted by Crippen LogP contribution is 2.39. The summed E-state index contributed by atoms with van der Waals surface area (Å²) in [5.74, 6) is -8.26. The van der Waals surface area contributed by atoms with Gasteiger partial charge in [-0.1, -0.05) is 87.6 Å². The van der Waals surface area contributed by atoms with Gasteiger partial charge < -0.3 is 90.1 Å². The number of hydrogen-bond donors (Lipinski definition) is 7. The lowest BCUT2D eigenvalue weighted by Gasteiger charge is -2.42. The fraction of sp³-hybridized carbons (Fsp3) is 0.576. The van der Waals surface area contributed by atoms with Gasteiger partial charge in [0.25, 0.3) is 17.7 Å². The Kier molecular flexibility index (Phi) is 34.3. The molecule has 686 valence electrons. The van der Waals surface area contributed by atoms with Crippen molar-refractivity contribution in [3.63, 3.8) is 0 Å². The number of nitrogens with zero attached hydrogens (tertiary/aromatic N) is 13. The van der Waals surface area contributed by atoms with E-state index in [0.717, 1.165) is 39.1 Å². The zero-order chi connectivity index (χ0) is 90.4. The quantitative estimate of drug-likeness (QED) is 0.0106. The summed E-state index contributed by atoms with van der Waals surface area (Å²) in [6.45, 7) is 15.6. The number of nitrogens with one attached hydrogen (secondary N) is 1. The first-order valence-corrected chi connectivity index (χ1v) is 44.6. The Bertz CT molecular complexity index is 5020. The van der Waals surface area contributed by atoms with Gasteiger partial charge in [0.15, 0.2) is 17.0 Å². The topological polar surface area (TPSA) is 471 Å². The third-order valence-electron chi connectivity index (χ3n) is 25.1. The molecule has 12 rings (SSSR count). The Hall–Kier alpha value is -10.5. The molecule has 3 amide bonds. The molecule has 127 heavy (non-hydrogen) atoms. The molecule has 15 atom stereocenters. The van der Waals surface area contributed by atoms with Crippen LogP contribution in [-0.4, -0.2) is 256 Å². The van der Waals surface area contributed by atoms with E-state index in [-0.39, 0.29) is 99.3 Å². The number of nitrogens with two attached hydrogens (primary N) is 3. The number of Topliss-reactive ketones (excluding diaryl/α,β-unsaturated/α-hetero) is 3. The predicted octanol–water partition coefficient (Wildman–Crippen LogP) is 7.90. The number of aliphatic hydroxyl groups is 3. The van der Waals surface area contributed by atoms with Crippen molar-refractivity contribution in [2.45, 2.75) is 231 Å².